The Kier molecular flexibility index (Phi) is 10.3. The fourth-order valence-electron chi connectivity index (χ4n) is 2.63. The third-order valence-electron chi connectivity index (χ3n) is 3.92. The topological polar surface area (TPSA) is 77.8 Å². The molecule has 2 aromatic rings. The van der Waals surface area contributed by atoms with Crippen molar-refractivity contribution in [1.29, 1.82) is 0 Å². The van der Waals surface area contributed by atoms with Crippen LogP contribution >= 0.6 is 0 Å². The molecular formula is C21H31NO4S. The van der Waals surface area contributed by atoms with E-state index in [1.807, 2.05) is 6.07 Å². The van der Waals surface area contributed by atoms with Gasteiger partial charge in [-0.3, -0.25) is 4.55 Å². The first-order chi connectivity index (χ1) is 12.7. The van der Waals surface area contributed by atoms with Crippen molar-refractivity contribution in [2.24, 2.45) is 5.92 Å². The van der Waals surface area contributed by atoms with Gasteiger partial charge in [-0.15, -0.1) is 0 Å². The predicted molar refractivity (Wildman–Crippen MR) is 109 cm³/mol. The molecule has 150 valence electrons. The van der Waals surface area contributed by atoms with E-state index in [0.717, 1.165) is 32.4 Å². The zero-order chi connectivity index (χ0) is 20.3. The van der Waals surface area contributed by atoms with Crippen molar-refractivity contribution >= 4 is 10.1 Å². The van der Waals surface area contributed by atoms with E-state index < -0.39 is 10.1 Å². The van der Waals surface area contributed by atoms with Crippen LogP contribution in [0.15, 0.2) is 59.5 Å². The van der Waals surface area contributed by atoms with E-state index in [4.69, 9.17) is 4.55 Å². The van der Waals surface area contributed by atoms with Crippen LogP contribution in [0, 0.1) is 12.8 Å². The lowest BCUT2D eigenvalue weighted by molar-refractivity contribution is -0.0991. The largest absolute Gasteiger partial charge is 0.314 e. The number of hydrogen-bond donors (Lipinski definition) is 2. The van der Waals surface area contributed by atoms with E-state index in [-0.39, 0.29) is 4.90 Å². The summed E-state index contributed by atoms with van der Waals surface area (Å²) >= 11 is 0. The first-order valence-electron chi connectivity index (χ1n) is 9.21. The molecule has 0 aliphatic rings. The standard InChI is InChI=1S/C14H23NO.C7H8O3S/c1-13(2)12-15(16)11-7-6-10-14-8-4-3-5-9-14;1-6-4-2-3-5-7(6)11(8,9)10/h3-5,8-9,13,16H,6-7,10-12H2,1-2H3;2-5H,1H3,(H,8,9,10). The zero-order valence-corrected chi connectivity index (χ0v) is 17.2. The molecule has 0 saturated carbocycles. The molecule has 0 heterocycles. The summed E-state index contributed by atoms with van der Waals surface area (Å²) in [5, 5.41) is 11.0. The molecule has 6 heteroatoms. The Morgan fingerprint density at radius 2 is 1.56 bits per heavy atom. The number of unbranched alkanes of at least 4 members (excludes halogenated alkanes) is 1. The summed E-state index contributed by atoms with van der Waals surface area (Å²) < 4.78 is 29.9. The Labute approximate surface area is 163 Å². The Balaban J connectivity index is 0.000000289. The van der Waals surface area contributed by atoms with Crippen LogP contribution in [0.1, 0.15) is 37.8 Å². The number of aryl methyl sites for hydroxylation is 2. The summed E-state index contributed by atoms with van der Waals surface area (Å²) in [6.07, 6.45) is 3.30. The van der Waals surface area contributed by atoms with E-state index >= 15 is 0 Å². The summed E-state index contributed by atoms with van der Waals surface area (Å²) in [4.78, 5) is -0.0278. The summed E-state index contributed by atoms with van der Waals surface area (Å²) in [7, 11) is -4.03. The lowest BCUT2D eigenvalue weighted by Crippen LogP contribution is -2.25. The van der Waals surface area contributed by atoms with Gasteiger partial charge in [-0.1, -0.05) is 62.4 Å². The Bertz CT molecular complexity index is 761. The monoisotopic (exact) mass is 393 g/mol. The highest BCUT2D eigenvalue weighted by Crippen LogP contribution is 2.12. The normalized spacial score (nSPS) is 11.4. The highest BCUT2D eigenvalue weighted by molar-refractivity contribution is 7.85. The van der Waals surface area contributed by atoms with Crippen LogP contribution in [-0.2, 0) is 16.5 Å². The van der Waals surface area contributed by atoms with Crippen LogP contribution in [0.5, 0.6) is 0 Å². The van der Waals surface area contributed by atoms with Crippen molar-refractivity contribution in [3.05, 3.63) is 65.7 Å². The highest BCUT2D eigenvalue weighted by atomic mass is 32.2. The Morgan fingerprint density at radius 3 is 2.07 bits per heavy atom. The van der Waals surface area contributed by atoms with Gasteiger partial charge in [0.25, 0.3) is 10.1 Å². The number of hydroxylamine groups is 2. The molecule has 27 heavy (non-hydrogen) atoms. The second-order valence-corrected chi connectivity index (χ2v) is 8.38. The molecule has 0 spiro atoms. The van der Waals surface area contributed by atoms with Crippen molar-refractivity contribution in [1.82, 2.24) is 5.06 Å². The smallest absolute Gasteiger partial charge is 0.294 e. The molecule has 0 aliphatic carbocycles. The minimum atomic E-state index is -4.03. The third kappa shape index (κ3) is 10.2. The Hall–Kier alpha value is -1.73. The van der Waals surface area contributed by atoms with Crippen LogP contribution in [0.25, 0.3) is 0 Å². The molecule has 0 fully saturated rings. The van der Waals surface area contributed by atoms with Crippen LogP contribution in [0.2, 0.25) is 0 Å². The molecule has 2 aromatic carbocycles. The lowest BCUT2D eigenvalue weighted by atomic mass is 10.1. The minimum Gasteiger partial charge on any atom is -0.314 e. The molecule has 0 atom stereocenters. The summed E-state index contributed by atoms with van der Waals surface area (Å²) in [5.41, 5.74) is 1.94. The van der Waals surface area contributed by atoms with Gasteiger partial charge in [-0.05, 0) is 49.3 Å². The number of benzene rings is 2. The van der Waals surface area contributed by atoms with Gasteiger partial charge < -0.3 is 5.21 Å². The van der Waals surface area contributed by atoms with Crippen molar-refractivity contribution < 1.29 is 18.2 Å². The molecular weight excluding hydrogens is 362 g/mol. The maximum Gasteiger partial charge on any atom is 0.294 e. The van der Waals surface area contributed by atoms with Gasteiger partial charge in [-0.2, -0.15) is 13.5 Å². The van der Waals surface area contributed by atoms with Crippen molar-refractivity contribution in [2.45, 2.75) is 44.9 Å². The van der Waals surface area contributed by atoms with Crippen molar-refractivity contribution in [3.63, 3.8) is 0 Å². The Morgan fingerprint density at radius 1 is 0.963 bits per heavy atom. The van der Waals surface area contributed by atoms with E-state index in [1.165, 1.54) is 16.7 Å². The van der Waals surface area contributed by atoms with E-state index in [1.54, 1.807) is 25.1 Å². The second-order valence-electron chi connectivity index (χ2n) is 6.99. The summed E-state index contributed by atoms with van der Waals surface area (Å²) in [5.74, 6) is 0.527. The number of hydrogen-bond acceptors (Lipinski definition) is 4. The third-order valence-corrected chi connectivity index (χ3v) is 4.94. The van der Waals surface area contributed by atoms with Crippen molar-refractivity contribution in [2.75, 3.05) is 13.1 Å². The quantitative estimate of drug-likeness (QED) is 0.389. The van der Waals surface area contributed by atoms with Gasteiger partial charge in [0.2, 0.25) is 0 Å². The fraction of sp³-hybridized carbons (Fsp3) is 0.429. The summed E-state index contributed by atoms with van der Waals surface area (Å²) in [6, 6.07) is 16.8. The van der Waals surface area contributed by atoms with E-state index in [9.17, 15) is 13.6 Å². The molecule has 0 radical (unpaired) electrons. The van der Waals surface area contributed by atoms with Crippen LogP contribution in [0.4, 0.5) is 0 Å². The molecule has 0 amide bonds. The first-order valence-corrected chi connectivity index (χ1v) is 10.6. The van der Waals surface area contributed by atoms with Gasteiger partial charge >= 0.3 is 0 Å². The highest BCUT2D eigenvalue weighted by Gasteiger charge is 2.10. The maximum absolute atomic E-state index is 10.6. The van der Waals surface area contributed by atoms with Gasteiger partial charge in [0.15, 0.2) is 0 Å². The van der Waals surface area contributed by atoms with Gasteiger partial charge in [-0.25, -0.2) is 0 Å². The average Bonchev–Trinajstić information content (AvgIpc) is 2.59. The zero-order valence-electron chi connectivity index (χ0n) is 16.4. The molecule has 0 saturated heterocycles. The fourth-order valence-corrected chi connectivity index (χ4v) is 3.35. The van der Waals surface area contributed by atoms with Gasteiger partial charge in [0.1, 0.15) is 0 Å². The van der Waals surface area contributed by atoms with Gasteiger partial charge in [0, 0.05) is 13.1 Å². The van der Waals surface area contributed by atoms with Crippen LogP contribution in [-0.4, -0.2) is 36.3 Å². The molecule has 0 bridgehead atoms. The maximum atomic E-state index is 10.6. The minimum absolute atomic E-state index is 0.0278. The van der Waals surface area contributed by atoms with Crippen LogP contribution in [0.3, 0.4) is 0 Å². The molecule has 0 unspecified atom stereocenters. The molecule has 2 rings (SSSR count). The number of rotatable bonds is 8. The van der Waals surface area contributed by atoms with Gasteiger partial charge in [0.05, 0.1) is 4.90 Å². The molecule has 2 N–H and O–H groups in total. The average molecular weight is 394 g/mol. The van der Waals surface area contributed by atoms with E-state index in [2.05, 4.69) is 38.1 Å². The molecule has 0 aliphatic heterocycles. The van der Waals surface area contributed by atoms with Crippen molar-refractivity contribution in [3.8, 4) is 0 Å². The molecule has 5 nitrogen and oxygen atoms in total. The summed E-state index contributed by atoms with van der Waals surface area (Å²) in [6.45, 7) is 7.42. The lowest BCUT2D eigenvalue weighted by Gasteiger charge is -2.16. The molecule has 0 aromatic heterocycles. The second kappa shape index (κ2) is 11.9. The van der Waals surface area contributed by atoms with E-state index in [0.29, 0.717) is 11.5 Å². The van der Waals surface area contributed by atoms with Crippen LogP contribution < -0.4 is 0 Å². The number of nitrogens with zero attached hydrogens (tertiary/aromatic N) is 1. The SMILES string of the molecule is CC(C)CN(O)CCCCc1ccccc1.Cc1ccccc1S(=O)(=O)O. The first kappa shape index (κ1) is 23.3. The predicted octanol–water partition coefficient (Wildman–Crippen LogP) is 4.60.